The number of ketones is 2. The van der Waals surface area contributed by atoms with Gasteiger partial charge in [-0.15, -0.1) is 0 Å². The van der Waals surface area contributed by atoms with Crippen molar-refractivity contribution in [3.05, 3.63) is 214 Å². The van der Waals surface area contributed by atoms with Crippen molar-refractivity contribution in [3.63, 3.8) is 0 Å². The molecule has 0 aliphatic heterocycles. The minimum Gasteiger partial charge on any atom is -0.375 e. The first-order valence-electron chi connectivity index (χ1n) is 23.7. The van der Waals surface area contributed by atoms with Crippen LogP contribution < -0.4 is 16.7 Å². The molecule has 0 N–H and O–H groups in total. The summed E-state index contributed by atoms with van der Waals surface area (Å²) in [5.74, 6) is -5.29. The molecule has 0 aliphatic carbocycles. The van der Waals surface area contributed by atoms with Crippen LogP contribution in [0.1, 0.15) is 20.7 Å². The van der Waals surface area contributed by atoms with Crippen LogP contribution in [0.25, 0.3) is 0 Å². The molecule has 20 nitrogen and oxygen atoms in total. The van der Waals surface area contributed by atoms with Gasteiger partial charge in [-0.25, -0.2) is 0 Å². The standard InChI is InChI=1S/C26H11Cl9O10S3.C26H14Cl6O10S3/c27-12-2-6-18(24(33)21(12)30)46(37,38)43-10-15(36)11-1-5-16(44-47(39,40)19-7-3-13(28)22(31)25(19)34)17(9-11)45-48(41,42)20-8-4-14(29)23(32)26(20)35;27-15-2-5-18(30)24(10-15)43(34,35)40-13-21(33)14-1-8-22(41-44(36,37)25-11-16(28)3-6-19(25)31)23(9-14)42-45(38,39)26-12-17(29)4-7-20(26)32/h1-9H,10H2;1-12H,13H2. The number of Topliss-reactive ketones (excluding diaryl/α,β-unsaturated/α-hetero) is 2. The molecule has 0 spiro atoms. The highest BCUT2D eigenvalue weighted by Gasteiger charge is 2.33. The van der Waals surface area contributed by atoms with Gasteiger partial charge in [-0.05, 0) is 127 Å². The average molecular weight is 1690 g/mol. The van der Waals surface area contributed by atoms with Crippen molar-refractivity contribution in [2.45, 2.75) is 29.4 Å². The molecule has 0 radical (unpaired) electrons. The first-order chi connectivity index (χ1) is 43.1. The Balaban J connectivity index is 0.000000264. The van der Waals surface area contributed by atoms with Crippen molar-refractivity contribution in [1.82, 2.24) is 0 Å². The molecule has 93 heavy (non-hydrogen) atoms. The smallest absolute Gasteiger partial charge is 0.340 e. The lowest BCUT2D eigenvalue weighted by Crippen LogP contribution is -2.17. The van der Waals surface area contributed by atoms with Crippen LogP contribution in [-0.2, 0) is 69.1 Å². The highest BCUT2D eigenvalue weighted by molar-refractivity contribution is 7.88. The molecule has 41 heteroatoms. The molecule has 0 aromatic heterocycles. The Morgan fingerprint density at radius 1 is 0.258 bits per heavy atom. The summed E-state index contributed by atoms with van der Waals surface area (Å²) < 4.78 is 187. The van der Waals surface area contributed by atoms with Crippen LogP contribution in [0.4, 0.5) is 0 Å². The van der Waals surface area contributed by atoms with Crippen LogP contribution >= 0.6 is 174 Å². The monoisotopic (exact) mass is 1690 g/mol. The van der Waals surface area contributed by atoms with Gasteiger partial charge in [-0.1, -0.05) is 174 Å². The number of hydrogen-bond donors (Lipinski definition) is 0. The molecule has 0 heterocycles. The fourth-order valence-electron chi connectivity index (χ4n) is 6.95. The third-order valence-electron chi connectivity index (χ3n) is 11.3. The second-order valence-corrected chi connectivity index (χ2v) is 32.7. The Labute approximate surface area is 604 Å². The number of carbonyl (C=O) groups is 2. The predicted octanol–water partition coefficient (Wildman–Crippen LogP) is 17.4. The fraction of sp³-hybridized carbons (Fsp3) is 0.0385. The fourth-order valence-corrected chi connectivity index (χ4v) is 17.5. The molecule has 0 aliphatic rings. The van der Waals surface area contributed by atoms with Gasteiger partial charge in [-0.3, -0.25) is 18.0 Å². The molecule has 0 atom stereocenters. The van der Waals surface area contributed by atoms with Crippen molar-refractivity contribution in [1.29, 1.82) is 0 Å². The maximum Gasteiger partial charge on any atom is 0.340 e. The highest BCUT2D eigenvalue weighted by Crippen LogP contribution is 2.43. The normalized spacial score (nSPS) is 12.2. The Morgan fingerprint density at radius 2 is 0.505 bits per heavy atom. The molecule has 0 bridgehead atoms. The number of benzene rings is 8. The van der Waals surface area contributed by atoms with E-state index in [0.717, 1.165) is 91.0 Å². The Hall–Kier alpha value is -3.73. The van der Waals surface area contributed by atoms with Crippen molar-refractivity contribution >= 4 is 246 Å². The van der Waals surface area contributed by atoms with Crippen LogP contribution in [0, 0.1) is 0 Å². The Kier molecular flexibility index (Phi) is 25.2. The lowest BCUT2D eigenvalue weighted by molar-refractivity contribution is 0.0919. The molecule has 8 aromatic carbocycles. The molecule has 0 fully saturated rings. The zero-order chi connectivity index (χ0) is 69.2. The first-order valence-corrected chi connectivity index (χ1v) is 37.9. The molecular weight excluding hydrogens is 1670 g/mol. The van der Waals surface area contributed by atoms with E-state index in [-0.39, 0.29) is 65.8 Å². The predicted molar refractivity (Wildman–Crippen MR) is 353 cm³/mol. The maximum atomic E-state index is 13.3. The van der Waals surface area contributed by atoms with Crippen LogP contribution in [0.15, 0.2) is 157 Å². The number of carbonyl (C=O) groups excluding carboxylic acids is 2. The highest BCUT2D eigenvalue weighted by atomic mass is 35.5. The molecule has 0 unspecified atom stereocenters. The van der Waals surface area contributed by atoms with Crippen LogP contribution in [-0.4, -0.2) is 75.3 Å². The number of hydrogen-bond acceptors (Lipinski definition) is 20. The zero-order valence-corrected chi connectivity index (χ0v) is 60.6. The van der Waals surface area contributed by atoms with E-state index in [0.29, 0.717) is 0 Å². The van der Waals surface area contributed by atoms with Crippen molar-refractivity contribution in [2.75, 3.05) is 13.2 Å². The van der Waals surface area contributed by atoms with Gasteiger partial charge in [0.05, 0.1) is 60.3 Å². The first kappa shape index (κ1) is 76.6. The molecule has 0 amide bonds. The quantitative estimate of drug-likeness (QED) is 0.0346. The Morgan fingerprint density at radius 3 is 0.817 bits per heavy atom. The molecule has 8 rings (SSSR count). The average Bonchev–Trinajstić information content (AvgIpc) is 0.817. The van der Waals surface area contributed by atoms with Gasteiger partial charge in [-0.2, -0.15) is 50.5 Å². The summed E-state index contributed by atoms with van der Waals surface area (Å²) in [5.41, 5.74) is -0.816. The molecule has 494 valence electrons. The number of halogens is 15. The minimum atomic E-state index is -4.96. The summed E-state index contributed by atoms with van der Waals surface area (Å²) in [4.78, 5) is 22.4. The Bertz CT molecular complexity index is 5110. The third-order valence-corrected chi connectivity index (χ3v) is 25.3. The lowest BCUT2D eigenvalue weighted by atomic mass is 10.1. The molecule has 0 saturated carbocycles. The van der Waals surface area contributed by atoms with E-state index < -0.39 is 158 Å². The van der Waals surface area contributed by atoms with E-state index in [9.17, 15) is 60.1 Å². The van der Waals surface area contributed by atoms with E-state index in [2.05, 4.69) is 0 Å². The van der Waals surface area contributed by atoms with Crippen LogP contribution in [0.5, 0.6) is 23.0 Å². The van der Waals surface area contributed by atoms with Crippen LogP contribution in [0.3, 0.4) is 0 Å². The molecule has 0 saturated heterocycles. The van der Waals surface area contributed by atoms with Gasteiger partial charge < -0.3 is 16.7 Å². The topological polar surface area (TPSA) is 294 Å². The third kappa shape index (κ3) is 18.5. The lowest BCUT2D eigenvalue weighted by Gasteiger charge is -2.15. The molecular formula is C52H25Cl15O20S6. The SMILES string of the molecule is O=C(COS(=O)(=O)c1cc(Cl)ccc1Cl)c1ccc(OS(=O)(=O)c2cc(Cl)ccc2Cl)c(OS(=O)(=O)c2cc(Cl)ccc2Cl)c1.O=C(COS(=O)(=O)c1ccc(Cl)c(Cl)c1Cl)c1ccc(OS(=O)(=O)c2ccc(Cl)c(Cl)c2Cl)c(OS(=O)(=O)c2ccc(Cl)c(Cl)c2Cl)c1. The van der Waals surface area contributed by atoms with E-state index in [1.165, 1.54) is 36.4 Å². The summed E-state index contributed by atoms with van der Waals surface area (Å²) in [5, 5.41) is -3.53. The van der Waals surface area contributed by atoms with Crippen molar-refractivity contribution in [2.24, 2.45) is 0 Å². The van der Waals surface area contributed by atoms with Crippen molar-refractivity contribution in [3.8, 4) is 23.0 Å². The number of rotatable bonds is 22. The summed E-state index contributed by atoms with van der Waals surface area (Å²) in [6.07, 6.45) is 0. The van der Waals surface area contributed by atoms with Gasteiger partial charge in [0, 0.05) is 26.2 Å². The zero-order valence-electron chi connectivity index (χ0n) is 44.3. The second kappa shape index (κ2) is 30.6. The van der Waals surface area contributed by atoms with Gasteiger partial charge in [0.25, 0.3) is 20.2 Å². The largest absolute Gasteiger partial charge is 0.375 e. The van der Waals surface area contributed by atoms with E-state index in [1.54, 1.807) is 0 Å². The van der Waals surface area contributed by atoms with Gasteiger partial charge >= 0.3 is 40.5 Å². The maximum absolute atomic E-state index is 13.3. The minimum absolute atomic E-state index is 0.00816. The summed E-state index contributed by atoms with van der Waals surface area (Å²) in [6, 6.07) is 22.0. The summed E-state index contributed by atoms with van der Waals surface area (Å²) in [6.45, 7) is -2.24. The van der Waals surface area contributed by atoms with E-state index >= 15 is 0 Å². The van der Waals surface area contributed by atoms with Crippen LogP contribution in [0.2, 0.25) is 75.3 Å². The van der Waals surface area contributed by atoms with Gasteiger partial charge in [0.15, 0.2) is 34.6 Å². The molecule has 8 aromatic rings. The van der Waals surface area contributed by atoms with Crippen molar-refractivity contribution < 1.29 is 85.2 Å². The van der Waals surface area contributed by atoms with E-state index in [4.69, 9.17) is 199 Å². The van der Waals surface area contributed by atoms with Gasteiger partial charge in [0.1, 0.15) is 42.6 Å². The summed E-state index contributed by atoms with van der Waals surface area (Å²) >= 11 is 89.2. The summed E-state index contributed by atoms with van der Waals surface area (Å²) in [7, 11) is -28.8. The van der Waals surface area contributed by atoms with E-state index in [1.807, 2.05) is 0 Å². The van der Waals surface area contributed by atoms with Gasteiger partial charge in [0.2, 0.25) is 0 Å². The second-order valence-electron chi connectivity index (χ2n) is 17.5.